The number of benzene rings is 2. The molecule has 2 aromatic carbocycles. The van der Waals surface area contributed by atoms with Gasteiger partial charge in [-0.1, -0.05) is 0 Å². The highest BCUT2D eigenvalue weighted by molar-refractivity contribution is 5.63. The van der Waals surface area contributed by atoms with Gasteiger partial charge in [-0.25, -0.2) is 0 Å². The van der Waals surface area contributed by atoms with Gasteiger partial charge < -0.3 is 57.6 Å². The summed E-state index contributed by atoms with van der Waals surface area (Å²) in [7, 11) is 0. The Bertz CT molecular complexity index is 1030. The molecule has 0 amide bonds. The van der Waals surface area contributed by atoms with Gasteiger partial charge in [0.1, 0.15) is 49.3 Å². The SMILES string of the molecule is Oc1cc2c(cc1N=Nc1cc3c(cc1O)OCCOCCOCCOCCO3)OCCOCCOCCOCCO2. The molecule has 232 valence electrons. The van der Waals surface area contributed by atoms with E-state index in [0.717, 1.165) is 0 Å². The molecule has 2 aromatic rings. The van der Waals surface area contributed by atoms with Crippen molar-refractivity contribution in [3.63, 3.8) is 0 Å². The Morgan fingerprint density at radius 2 is 0.595 bits per heavy atom. The number of azo groups is 1. The van der Waals surface area contributed by atoms with Gasteiger partial charge in [-0.05, 0) is 0 Å². The van der Waals surface area contributed by atoms with E-state index in [9.17, 15) is 10.2 Å². The Balaban J connectivity index is 1.49. The fourth-order valence-electron chi connectivity index (χ4n) is 3.72. The third-order valence-corrected chi connectivity index (χ3v) is 5.78. The lowest BCUT2D eigenvalue weighted by Gasteiger charge is -2.15. The molecule has 0 spiro atoms. The number of phenols is 2. The minimum absolute atomic E-state index is 0.0984. The summed E-state index contributed by atoms with van der Waals surface area (Å²) in [5.74, 6) is 0.914. The van der Waals surface area contributed by atoms with E-state index >= 15 is 0 Å². The van der Waals surface area contributed by atoms with E-state index in [1.54, 1.807) is 0 Å². The van der Waals surface area contributed by atoms with Crippen molar-refractivity contribution in [2.75, 3.05) is 106 Å². The smallest absolute Gasteiger partial charge is 0.165 e. The fourth-order valence-corrected chi connectivity index (χ4v) is 3.72. The molecule has 2 heterocycles. The van der Waals surface area contributed by atoms with Crippen molar-refractivity contribution >= 4 is 11.4 Å². The molecule has 2 aliphatic heterocycles. The second-order valence-electron chi connectivity index (χ2n) is 8.84. The largest absolute Gasteiger partial charge is 0.505 e. The maximum absolute atomic E-state index is 10.6. The van der Waals surface area contributed by atoms with Crippen LogP contribution in [-0.4, -0.2) is 116 Å². The van der Waals surface area contributed by atoms with Crippen LogP contribution in [0.25, 0.3) is 0 Å². The quantitative estimate of drug-likeness (QED) is 0.490. The van der Waals surface area contributed by atoms with Gasteiger partial charge in [0.05, 0.1) is 79.3 Å². The average molecular weight is 595 g/mol. The molecule has 0 bridgehead atoms. The number of nitrogens with zero attached hydrogens (tertiary/aromatic N) is 2. The highest BCUT2D eigenvalue weighted by Crippen LogP contribution is 2.43. The molecule has 0 saturated carbocycles. The molecule has 14 nitrogen and oxygen atoms in total. The zero-order chi connectivity index (χ0) is 29.2. The van der Waals surface area contributed by atoms with Crippen LogP contribution in [-0.2, 0) is 28.4 Å². The molecule has 0 saturated heterocycles. The molecular formula is C28H38N2O12. The van der Waals surface area contributed by atoms with Gasteiger partial charge in [0.25, 0.3) is 0 Å². The van der Waals surface area contributed by atoms with Crippen molar-refractivity contribution in [1.29, 1.82) is 0 Å². The predicted octanol–water partition coefficient (Wildman–Crippen LogP) is 3.16. The van der Waals surface area contributed by atoms with E-state index in [0.29, 0.717) is 102 Å². The van der Waals surface area contributed by atoms with Crippen molar-refractivity contribution in [2.24, 2.45) is 10.2 Å². The van der Waals surface area contributed by atoms with E-state index in [-0.39, 0.29) is 49.3 Å². The molecule has 4 rings (SSSR count). The maximum Gasteiger partial charge on any atom is 0.165 e. The first-order valence-electron chi connectivity index (χ1n) is 13.8. The molecular weight excluding hydrogens is 556 g/mol. The molecule has 0 aromatic heterocycles. The minimum Gasteiger partial charge on any atom is -0.505 e. The maximum atomic E-state index is 10.6. The van der Waals surface area contributed by atoms with Gasteiger partial charge in [-0.3, -0.25) is 0 Å². The van der Waals surface area contributed by atoms with Gasteiger partial charge in [-0.2, -0.15) is 0 Å². The van der Waals surface area contributed by atoms with E-state index in [4.69, 9.17) is 47.4 Å². The summed E-state index contributed by atoms with van der Waals surface area (Å²) in [5.41, 5.74) is 0.197. The molecule has 14 heteroatoms. The molecule has 0 atom stereocenters. The van der Waals surface area contributed by atoms with Crippen LogP contribution in [0, 0.1) is 0 Å². The molecule has 2 N–H and O–H groups in total. The molecule has 2 aliphatic rings. The van der Waals surface area contributed by atoms with Crippen LogP contribution >= 0.6 is 0 Å². The summed E-state index contributed by atoms with van der Waals surface area (Å²) >= 11 is 0. The van der Waals surface area contributed by atoms with E-state index in [2.05, 4.69) is 10.2 Å². The van der Waals surface area contributed by atoms with Gasteiger partial charge in [0.2, 0.25) is 0 Å². The summed E-state index contributed by atoms with van der Waals surface area (Å²) in [4.78, 5) is 0. The van der Waals surface area contributed by atoms with Crippen molar-refractivity contribution in [3.8, 4) is 34.5 Å². The van der Waals surface area contributed by atoms with Crippen LogP contribution in [0.3, 0.4) is 0 Å². The fraction of sp³-hybridized carbons (Fsp3) is 0.571. The van der Waals surface area contributed by atoms with Gasteiger partial charge in [0.15, 0.2) is 23.0 Å². The molecule has 0 unspecified atom stereocenters. The minimum atomic E-state index is -0.195. The number of fused-ring (bicyclic) bond motifs is 2. The third-order valence-electron chi connectivity index (χ3n) is 5.78. The topological polar surface area (TPSA) is 157 Å². The van der Waals surface area contributed by atoms with Crippen LogP contribution in [0.4, 0.5) is 11.4 Å². The van der Waals surface area contributed by atoms with Crippen molar-refractivity contribution in [1.82, 2.24) is 0 Å². The summed E-state index contributed by atoms with van der Waals surface area (Å²) in [6, 6.07) is 5.77. The summed E-state index contributed by atoms with van der Waals surface area (Å²) < 4.78 is 56.0. The number of hydrogen-bond acceptors (Lipinski definition) is 14. The van der Waals surface area contributed by atoms with E-state index in [1.807, 2.05) is 0 Å². The normalized spacial score (nSPS) is 19.1. The predicted molar refractivity (Wildman–Crippen MR) is 147 cm³/mol. The Morgan fingerprint density at radius 1 is 0.357 bits per heavy atom. The third kappa shape index (κ3) is 10.8. The molecule has 0 radical (unpaired) electrons. The monoisotopic (exact) mass is 594 g/mol. The van der Waals surface area contributed by atoms with Gasteiger partial charge >= 0.3 is 0 Å². The van der Waals surface area contributed by atoms with Crippen LogP contribution in [0.15, 0.2) is 34.5 Å². The summed E-state index contributed by atoms with van der Waals surface area (Å²) in [6.45, 7) is 5.82. The first-order chi connectivity index (χ1) is 20.7. The number of aromatic hydroxyl groups is 2. The zero-order valence-electron chi connectivity index (χ0n) is 23.5. The van der Waals surface area contributed by atoms with E-state index in [1.165, 1.54) is 24.3 Å². The second-order valence-corrected chi connectivity index (χ2v) is 8.84. The number of hydrogen-bond donors (Lipinski definition) is 2. The standard InChI is InChI=1S/C28H38N2O12/c31-23-19-27-25(39-13-9-35-5-1-33-3-7-37-11-15-41-27)17-21(23)29-30-22-18-26-28(20-24(22)32)42-16-12-38-8-4-34-2-6-36-10-14-40-26/h17-20,31-32H,1-16H2. The Morgan fingerprint density at radius 3 is 0.881 bits per heavy atom. The molecule has 42 heavy (non-hydrogen) atoms. The van der Waals surface area contributed by atoms with Crippen LogP contribution < -0.4 is 18.9 Å². The van der Waals surface area contributed by atoms with Crippen molar-refractivity contribution in [3.05, 3.63) is 24.3 Å². The summed E-state index contributed by atoms with van der Waals surface area (Å²) in [5, 5.41) is 29.6. The van der Waals surface area contributed by atoms with E-state index < -0.39 is 0 Å². The first-order valence-corrected chi connectivity index (χ1v) is 13.8. The lowest BCUT2D eigenvalue weighted by molar-refractivity contribution is 0.00708. The lowest BCUT2D eigenvalue weighted by atomic mass is 10.2. The van der Waals surface area contributed by atoms with Gasteiger partial charge in [0, 0.05) is 24.3 Å². The highest BCUT2D eigenvalue weighted by atomic mass is 16.6. The second kappa shape index (κ2) is 18.2. The zero-order valence-corrected chi connectivity index (χ0v) is 23.5. The Kier molecular flexibility index (Phi) is 13.7. The molecule has 0 aliphatic carbocycles. The highest BCUT2D eigenvalue weighted by Gasteiger charge is 2.15. The first kappa shape index (κ1) is 31.5. The summed E-state index contributed by atoms with van der Waals surface area (Å²) in [6.07, 6.45) is 0. The van der Waals surface area contributed by atoms with Crippen LogP contribution in [0.5, 0.6) is 34.5 Å². The van der Waals surface area contributed by atoms with Crippen molar-refractivity contribution < 1.29 is 57.6 Å². The van der Waals surface area contributed by atoms with Gasteiger partial charge in [-0.15, -0.1) is 10.2 Å². The van der Waals surface area contributed by atoms with Crippen LogP contribution in [0.1, 0.15) is 0 Å². The number of phenolic OH excluding ortho intramolecular Hbond substituents is 2. The number of rotatable bonds is 2. The Hall–Kier alpha value is -3.40. The average Bonchev–Trinajstić information content (AvgIpc) is 3.00. The molecule has 0 fully saturated rings. The Labute approximate surface area is 243 Å². The lowest BCUT2D eigenvalue weighted by Crippen LogP contribution is -2.13. The van der Waals surface area contributed by atoms with Crippen molar-refractivity contribution in [2.45, 2.75) is 0 Å². The van der Waals surface area contributed by atoms with Crippen LogP contribution in [0.2, 0.25) is 0 Å². The number of ether oxygens (including phenoxy) is 10.